The first-order valence-corrected chi connectivity index (χ1v) is 13.1. The summed E-state index contributed by atoms with van der Waals surface area (Å²) in [5, 5.41) is 13.6. The molecule has 0 spiro atoms. The first-order valence-electron chi connectivity index (χ1n) is 13.1. The van der Waals surface area contributed by atoms with E-state index < -0.39 is 5.41 Å². The number of carbonyl (C=O) groups is 1. The molecule has 0 fully saturated rings. The fraction of sp³-hybridized carbons (Fsp3) is 0.125. The lowest BCUT2D eigenvalue weighted by Crippen LogP contribution is -2.21. The van der Waals surface area contributed by atoms with Gasteiger partial charge in [0.25, 0.3) is 0 Å². The van der Waals surface area contributed by atoms with Crippen molar-refractivity contribution in [3.63, 3.8) is 0 Å². The second-order valence-corrected chi connectivity index (χ2v) is 10.1. The molecule has 0 aliphatic carbocycles. The van der Waals surface area contributed by atoms with Crippen LogP contribution >= 0.6 is 0 Å². The number of aryl methyl sites for hydroxylation is 1. The molecule has 0 aliphatic rings. The van der Waals surface area contributed by atoms with E-state index in [1.54, 1.807) is 34.8 Å². The molecule has 0 saturated heterocycles. The van der Waals surface area contributed by atoms with E-state index in [2.05, 4.69) is 38.1 Å². The molecule has 2 aromatic carbocycles. The molecule has 6 rings (SSSR count). The van der Waals surface area contributed by atoms with Gasteiger partial charge in [-0.3, -0.25) is 23.9 Å². The number of nitrogens with two attached hydrogens (primary N) is 1. The minimum absolute atomic E-state index is 0.163. The number of rotatable bonds is 5. The summed E-state index contributed by atoms with van der Waals surface area (Å²) >= 11 is 0. The Morgan fingerprint density at radius 3 is 2.36 bits per heavy atom. The van der Waals surface area contributed by atoms with E-state index in [1.165, 1.54) is 0 Å². The van der Waals surface area contributed by atoms with E-state index in [0.717, 1.165) is 55.8 Å². The number of nitriles is 1. The predicted molar refractivity (Wildman–Crippen MR) is 163 cm³/mol. The molecular formula is C32H28N8O2. The van der Waals surface area contributed by atoms with Crippen molar-refractivity contribution in [2.45, 2.75) is 19.3 Å². The van der Waals surface area contributed by atoms with Gasteiger partial charge in [-0.2, -0.15) is 5.26 Å². The van der Waals surface area contributed by atoms with Crippen LogP contribution in [0.2, 0.25) is 0 Å². The van der Waals surface area contributed by atoms with Gasteiger partial charge >= 0.3 is 5.69 Å². The van der Waals surface area contributed by atoms with Crippen LogP contribution in [0.1, 0.15) is 19.4 Å². The summed E-state index contributed by atoms with van der Waals surface area (Å²) in [5.74, 6) is 0.719. The van der Waals surface area contributed by atoms with Crippen molar-refractivity contribution >= 4 is 39.9 Å². The minimum atomic E-state index is -0.620. The Labute approximate surface area is 241 Å². The number of hydrogen-bond acceptors (Lipinski definition) is 7. The quantitative estimate of drug-likeness (QED) is 0.285. The summed E-state index contributed by atoms with van der Waals surface area (Å²) in [7, 11) is 1.75. The standard InChI is InChI=1S/C31H25N7O.CH3NO/c1-31(2,19-32)22-8-10-24(11-9-22)38-29-25-15-20(6-12-26(25)34-18-27(29)37(3)30(38)39)21-7-13-28(35-16-21)36-23-5-4-14-33-17-23;2-1-3/h4-18H,1-3H3,(H,35,36);1H,(H2,2,3). The van der Waals surface area contributed by atoms with Crippen molar-refractivity contribution in [2.24, 2.45) is 12.8 Å². The van der Waals surface area contributed by atoms with Crippen LogP contribution in [0.5, 0.6) is 0 Å². The summed E-state index contributed by atoms with van der Waals surface area (Å²) in [4.78, 5) is 35.3. The number of fused-ring (bicyclic) bond motifs is 3. The van der Waals surface area contributed by atoms with Crippen LogP contribution in [0, 0.1) is 11.3 Å². The number of primary amides is 1. The molecule has 4 aromatic heterocycles. The molecule has 0 saturated carbocycles. The van der Waals surface area contributed by atoms with E-state index in [4.69, 9.17) is 4.79 Å². The summed E-state index contributed by atoms with van der Waals surface area (Å²) in [6.07, 6.45) is 7.28. The average molecular weight is 557 g/mol. The molecule has 42 heavy (non-hydrogen) atoms. The van der Waals surface area contributed by atoms with Gasteiger partial charge in [0.05, 0.1) is 51.8 Å². The van der Waals surface area contributed by atoms with Crippen LogP contribution < -0.4 is 16.7 Å². The van der Waals surface area contributed by atoms with Crippen molar-refractivity contribution in [3.8, 4) is 22.9 Å². The Morgan fingerprint density at radius 1 is 0.976 bits per heavy atom. The molecule has 10 heteroatoms. The van der Waals surface area contributed by atoms with Crippen LogP contribution in [0.15, 0.2) is 96.3 Å². The van der Waals surface area contributed by atoms with Crippen molar-refractivity contribution in [1.29, 1.82) is 5.26 Å². The monoisotopic (exact) mass is 556 g/mol. The van der Waals surface area contributed by atoms with E-state index in [0.29, 0.717) is 0 Å². The Morgan fingerprint density at radius 2 is 1.71 bits per heavy atom. The maximum absolute atomic E-state index is 13.4. The number of hydrogen-bond donors (Lipinski definition) is 2. The summed E-state index contributed by atoms with van der Waals surface area (Å²) in [6, 6.07) is 23.7. The molecule has 0 unspecified atom stereocenters. The van der Waals surface area contributed by atoms with Crippen LogP contribution in [-0.2, 0) is 17.3 Å². The molecule has 208 valence electrons. The fourth-order valence-electron chi connectivity index (χ4n) is 4.73. The van der Waals surface area contributed by atoms with Crippen LogP contribution in [0.25, 0.3) is 38.8 Å². The third kappa shape index (κ3) is 5.19. The zero-order valence-electron chi connectivity index (χ0n) is 23.3. The van der Waals surface area contributed by atoms with Crippen LogP contribution in [0.3, 0.4) is 0 Å². The van der Waals surface area contributed by atoms with Crippen LogP contribution in [-0.4, -0.2) is 30.5 Å². The molecule has 0 bridgehead atoms. The molecule has 3 N–H and O–H groups in total. The number of pyridine rings is 3. The predicted octanol–water partition coefficient (Wildman–Crippen LogP) is 4.98. The molecule has 4 heterocycles. The maximum Gasteiger partial charge on any atom is 0.333 e. The van der Waals surface area contributed by atoms with Gasteiger partial charge in [0.2, 0.25) is 6.41 Å². The highest BCUT2D eigenvalue weighted by Crippen LogP contribution is 2.31. The Bertz CT molecular complexity index is 1990. The largest absolute Gasteiger partial charge is 0.372 e. The van der Waals surface area contributed by atoms with Crippen molar-refractivity contribution < 1.29 is 4.79 Å². The van der Waals surface area contributed by atoms with E-state index >= 15 is 0 Å². The SMILES string of the molecule is Cn1c(=O)n(-c2ccc(C(C)(C)C#N)cc2)c2c3cc(-c4ccc(Nc5cccnc5)nc4)ccc3ncc21.NC=O. The van der Waals surface area contributed by atoms with Gasteiger partial charge in [0.1, 0.15) is 5.82 Å². The van der Waals surface area contributed by atoms with Crippen LogP contribution in [0.4, 0.5) is 11.5 Å². The average Bonchev–Trinajstić information content (AvgIpc) is 3.28. The zero-order valence-corrected chi connectivity index (χ0v) is 23.3. The number of nitrogens with zero attached hydrogens (tertiary/aromatic N) is 6. The molecule has 10 nitrogen and oxygen atoms in total. The third-order valence-corrected chi connectivity index (χ3v) is 7.04. The van der Waals surface area contributed by atoms with Crippen molar-refractivity contribution in [2.75, 3.05) is 5.32 Å². The van der Waals surface area contributed by atoms with E-state index in [1.807, 2.05) is 80.7 Å². The molecule has 6 aromatic rings. The van der Waals surface area contributed by atoms with Gasteiger partial charge in [-0.1, -0.05) is 18.2 Å². The lowest BCUT2D eigenvalue weighted by atomic mass is 9.86. The summed E-state index contributed by atoms with van der Waals surface area (Å²) in [5.41, 5.74) is 10.1. The summed E-state index contributed by atoms with van der Waals surface area (Å²) < 4.78 is 3.33. The minimum Gasteiger partial charge on any atom is -0.372 e. The first-order chi connectivity index (χ1) is 20.3. The van der Waals surface area contributed by atoms with Gasteiger partial charge in [0.15, 0.2) is 0 Å². The fourth-order valence-corrected chi connectivity index (χ4v) is 4.73. The van der Waals surface area contributed by atoms with E-state index in [-0.39, 0.29) is 12.1 Å². The number of anilines is 2. The number of benzene rings is 2. The highest BCUT2D eigenvalue weighted by Gasteiger charge is 2.21. The lowest BCUT2D eigenvalue weighted by Gasteiger charge is -2.16. The third-order valence-electron chi connectivity index (χ3n) is 7.04. The topological polar surface area (TPSA) is 145 Å². The Kier molecular flexibility index (Phi) is 7.49. The Hall–Kier alpha value is -5.82. The molecule has 0 radical (unpaired) electrons. The second kappa shape index (κ2) is 11.3. The smallest absolute Gasteiger partial charge is 0.333 e. The lowest BCUT2D eigenvalue weighted by molar-refractivity contribution is -0.106. The van der Waals surface area contributed by atoms with Gasteiger partial charge in [-0.25, -0.2) is 9.78 Å². The molecule has 1 amide bonds. The summed E-state index contributed by atoms with van der Waals surface area (Å²) in [6.45, 7) is 3.76. The van der Waals surface area contributed by atoms with Gasteiger partial charge in [-0.05, 0) is 73.5 Å². The highest BCUT2D eigenvalue weighted by molar-refractivity contribution is 6.04. The highest BCUT2D eigenvalue weighted by atomic mass is 16.1. The molecule has 0 atom stereocenters. The normalized spacial score (nSPS) is 11.0. The van der Waals surface area contributed by atoms with Crippen molar-refractivity contribution in [1.82, 2.24) is 24.1 Å². The van der Waals surface area contributed by atoms with E-state index in [9.17, 15) is 10.1 Å². The number of nitrogens with one attached hydrogen (secondary N) is 1. The first kappa shape index (κ1) is 27.7. The van der Waals surface area contributed by atoms with Gasteiger partial charge < -0.3 is 11.1 Å². The zero-order chi connectivity index (χ0) is 29.9. The number of amides is 1. The van der Waals surface area contributed by atoms with Gasteiger partial charge in [0, 0.05) is 30.4 Å². The molecular weight excluding hydrogens is 528 g/mol. The second-order valence-electron chi connectivity index (χ2n) is 10.1. The van der Waals surface area contributed by atoms with Gasteiger partial charge in [-0.15, -0.1) is 0 Å². The number of aromatic nitrogens is 5. The number of carbonyl (C=O) groups excluding carboxylic acids is 1. The number of imidazole rings is 1. The Balaban J connectivity index is 0.00000113. The maximum atomic E-state index is 13.4. The molecule has 0 aliphatic heterocycles. The van der Waals surface area contributed by atoms with Crippen molar-refractivity contribution in [3.05, 3.63) is 108 Å².